The maximum atomic E-state index is 13.5. The van der Waals surface area contributed by atoms with E-state index in [-0.39, 0.29) is 23.5 Å². The maximum absolute atomic E-state index is 13.5. The Morgan fingerprint density at radius 1 is 1.19 bits per heavy atom. The smallest absolute Gasteiger partial charge is 0.241 e. The first-order chi connectivity index (χ1) is 19.9. The third kappa shape index (κ3) is 4.76. The molecular weight excluding hydrogens is 546 g/mol. The SMILES string of the molecule is Cc1ncc(-c2noc(C3CC(C)(O)C3)n2)cc1CC(=O)c1cnn2ccc(N3CC4(C3)CC(O)(CC(F)F)C4)cc12. The van der Waals surface area contributed by atoms with Crippen LogP contribution in [0.15, 0.2) is 41.3 Å². The normalized spacial score (nSPS) is 24.1. The fourth-order valence-electron chi connectivity index (χ4n) is 7.17. The molecule has 1 spiro atoms. The minimum absolute atomic E-state index is 0.0328. The minimum Gasteiger partial charge on any atom is -0.390 e. The average Bonchev–Trinajstić information content (AvgIpc) is 3.52. The zero-order valence-electron chi connectivity index (χ0n) is 23.4. The number of nitrogens with zero attached hydrogens (tertiary/aromatic N) is 6. The Bertz CT molecular complexity index is 1680. The lowest BCUT2D eigenvalue weighted by Gasteiger charge is -2.63. The molecular formula is C30H32F2N6O4. The Morgan fingerprint density at radius 3 is 2.67 bits per heavy atom. The Balaban J connectivity index is 1.05. The van der Waals surface area contributed by atoms with Gasteiger partial charge < -0.3 is 19.6 Å². The number of Topliss-reactive ketones (excluding diaryl/α,β-unsaturated/α-hetero) is 1. The lowest BCUT2D eigenvalue weighted by atomic mass is 9.54. The van der Waals surface area contributed by atoms with Crippen LogP contribution in [0.3, 0.4) is 0 Å². The second kappa shape index (κ2) is 9.37. The summed E-state index contributed by atoms with van der Waals surface area (Å²) in [5, 5.41) is 28.8. The number of aliphatic hydroxyl groups is 2. The van der Waals surface area contributed by atoms with Crippen LogP contribution < -0.4 is 4.90 Å². The van der Waals surface area contributed by atoms with Gasteiger partial charge in [-0.05, 0) is 63.3 Å². The van der Waals surface area contributed by atoms with E-state index in [1.165, 1.54) is 0 Å². The largest absolute Gasteiger partial charge is 0.390 e. The molecule has 0 radical (unpaired) electrons. The quantitative estimate of drug-likeness (QED) is 0.297. The molecule has 3 aliphatic rings. The van der Waals surface area contributed by atoms with Crippen LogP contribution >= 0.6 is 0 Å². The van der Waals surface area contributed by atoms with Gasteiger partial charge in [-0.25, -0.2) is 13.3 Å². The number of hydrogen-bond donors (Lipinski definition) is 2. The van der Waals surface area contributed by atoms with E-state index in [2.05, 4.69) is 25.1 Å². The summed E-state index contributed by atoms with van der Waals surface area (Å²) >= 11 is 0. The van der Waals surface area contributed by atoms with Crippen molar-refractivity contribution >= 4 is 17.0 Å². The molecule has 10 nitrogen and oxygen atoms in total. The Morgan fingerprint density at radius 2 is 1.95 bits per heavy atom. The zero-order chi connectivity index (χ0) is 29.4. The summed E-state index contributed by atoms with van der Waals surface area (Å²) < 4.78 is 32.7. The fourth-order valence-corrected chi connectivity index (χ4v) is 7.17. The summed E-state index contributed by atoms with van der Waals surface area (Å²) in [6, 6.07) is 5.71. The van der Waals surface area contributed by atoms with Crippen LogP contribution in [0.4, 0.5) is 14.5 Å². The number of hydrogen-bond acceptors (Lipinski definition) is 9. The van der Waals surface area contributed by atoms with Gasteiger partial charge in [-0.1, -0.05) is 5.16 Å². The van der Waals surface area contributed by atoms with Crippen molar-refractivity contribution in [3.63, 3.8) is 0 Å². The molecule has 3 fully saturated rings. The predicted octanol–water partition coefficient (Wildman–Crippen LogP) is 4.13. The van der Waals surface area contributed by atoms with Crippen LogP contribution in [0.25, 0.3) is 16.9 Å². The predicted molar refractivity (Wildman–Crippen MR) is 148 cm³/mol. The first-order valence-corrected chi connectivity index (χ1v) is 14.2. The topological polar surface area (TPSA) is 130 Å². The molecule has 5 heterocycles. The molecule has 1 aliphatic heterocycles. The van der Waals surface area contributed by atoms with Gasteiger partial charge in [0.05, 0.1) is 28.5 Å². The van der Waals surface area contributed by atoms with Crippen LogP contribution in [0.5, 0.6) is 0 Å². The van der Waals surface area contributed by atoms with Crippen molar-refractivity contribution in [2.24, 2.45) is 5.41 Å². The molecule has 2 aliphatic carbocycles. The van der Waals surface area contributed by atoms with Crippen LogP contribution in [0.2, 0.25) is 0 Å². The van der Waals surface area contributed by atoms with Crippen molar-refractivity contribution in [3.05, 3.63) is 59.5 Å². The van der Waals surface area contributed by atoms with Crippen molar-refractivity contribution in [3.8, 4) is 11.4 Å². The number of pyridine rings is 2. The third-order valence-electron chi connectivity index (χ3n) is 9.13. The number of rotatable bonds is 8. The molecule has 0 unspecified atom stereocenters. The van der Waals surface area contributed by atoms with E-state index >= 15 is 0 Å². The van der Waals surface area contributed by atoms with E-state index < -0.39 is 24.0 Å². The fraction of sp³-hybridized carbons (Fsp3) is 0.500. The summed E-state index contributed by atoms with van der Waals surface area (Å²) in [6.45, 7) is 5.00. The number of carbonyl (C=O) groups excluding carboxylic acids is 1. The van der Waals surface area contributed by atoms with E-state index in [1.807, 2.05) is 31.3 Å². The summed E-state index contributed by atoms with van der Waals surface area (Å²) in [5.41, 5.74) is 2.13. The number of halogens is 2. The van der Waals surface area contributed by atoms with Gasteiger partial charge in [-0.3, -0.25) is 9.78 Å². The number of anilines is 1. The van der Waals surface area contributed by atoms with Gasteiger partial charge in [0.15, 0.2) is 5.78 Å². The highest BCUT2D eigenvalue weighted by atomic mass is 19.3. The summed E-state index contributed by atoms with van der Waals surface area (Å²) in [4.78, 5) is 24.6. The van der Waals surface area contributed by atoms with Crippen molar-refractivity contribution in [1.29, 1.82) is 0 Å². The number of ketones is 1. The van der Waals surface area contributed by atoms with Crippen LogP contribution in [-0.4, -0.2) is 71.5 Å². The van der Waals surface area contributed by atoms with E-state index in [9.17, 15) is 23.8 Å². The number of carbonyl (C=O) groups is 1. The van der Waals surface area contributed by atoms with E-state index in [1.54, 1.807) is 23.8 Å². The third-order valence-corrected chi connectivity index (χ3v) is 9.13. The van der Waals surface area contributed by atoms with Crippen LogP contribution in [0.1, 0.15) is 72.5 Å². The number of aryl methyl sites for hydroxylation is 1. The molecule has 7 rings (SSSR count). The highest BCUT2D eigenvalue weighted by Crippen LogP contribution is 2.56. The first-order valence-electron chi connectivity index (χ1n) is 14.2. The molecule has 0 aromatic carbocycles. The lowest BCUT2D eigenvalue weighted by Crippen LogP contribution is -2.68. The summed E-state index contributed by atoms with van der Waals surface area (Å²) in [7, 11) is 0. The molecule has 4 aromatic rings. The summed E-state index contributed by atoms with van der Waals surface area (Å²) in [6.07, 6.45) is 4.10. The minimum atomic E-state index is -2.51. The van der Waals surface area contributed by atoms with Crippen molar-refractivity contribution < 1.29 is 28.3 Å². The van der Waals surface area contributed by atoms with Gasteiger partial charge in [0, 0.05) is 66.6 Å². The maximum Gasteiger partial charge on any atom is 0.241 e. The molecule has 12 heteroatoms. The van der Waals surface area contributed by atoms with Gasteiger partial charge in [0.2, 0.25) is 18.1 Å². The molecule has 220 valence electrons. The van der Waals surface area contributed by atoms with E-state index in [4.69, 9.17) is 4.52 Å². The second-order valence-corrected chi connectivity index (χ2v) is 12.9. The van der Waals surface area contributed by atoms with E-state index in [0.29, 0.717) is 67.1 Å². The van der Waals surface area contributed by atoms with Crippen molar-refractivity contribution in [2.45, 2.75) is 75.9 Å². The molecule has 2 saturated carbocycles. The summed E-state index contributed by atoms with van der Waals surface area (Å²) in [5.74, 6) is 0.812. The Hall–Kier alpha value is -3.77. The van der Waals surface area contributed by atoms with Gasteiger partial charge in [0.1, 0.15) is 0 Å². The highest BCUT2D eigenvalue weighted by molar-refractivity contribution is 6.03. The second-order valence-electron chi connectivity index (χ2n) is 12.9. The van der Waals surface area contributed by atoms with Gasteiger partial charge in [0.25, 0.3) is 0 Å². The monoisotopic (exact) mass is 578 g/mol. The number of alkyl halides is 2. The Labute approximate surface area is 240 Å². The van der Waals surface area contributed by atoms with Gasteiger partial charge in [-0.2, -0.15) is 10.1 Å². The number of fused-ring (bicyclic) bond motifs is 1. The molecule has 42 heavy (non-hydrogen) atoms. The van der Waals surface area contributed by atoms with Crippen LogP contribution in [-0.2, 0) is 6.42 Å². The molecule has 4 aromatic heterocycles. The lowest BCUT2D eigenvalue weighted by molar-refractivity contribution is -0.161. The van der Waals surface area contributed by atoms with E-state index in [0.717, 1.165) is 16.9 Å². The zero-order valence-corrected chi connectivity index (χ0v) is 23.4. The van der Waals surface area contributed by atoms with Crippen molar-refractivity contribution in [1.82, 2.24) is 24.7 Å². The molecule has 2 N–H and O–H groups in total. The number of aromatic nitrogens is 5. The van der Waals surface area contributed by atoms with Gasteiger partial charge >= 0.3 is 0 Å². The molecule has 0 amide bonds. The standard InChI is InChI=1S/C30H32F2N6O4/c1-17-18(5-19(11-33-17)26-35-27(42-36-26)20-8-28(2,40)9-20)6-24(39)22-12-34-38-4-3-21(7-23(22)38)37-15-29(16-37)13-30(41,14-29)10-25(31)32/h3-5,7,11-12,20,25,40-41H,6,8-10,13-16H2,1-2H3. The first kappa shape index (κ1) is 27.1. The van der Waals surface area contributed by atoms with Gasteiger partial charge in [-0.15, -0.1) is 0 Å². The molecule has 1 saturated heterocycles. The van der Waals surface area contributed by atoms with Crippen LogP contribution in [0, 0.1) is 12.3 Å². The molecule has 0 bridgehead atoms. The highest BCUT2D eigenvalue weighted by Gasteiger charge is 2.60. The Kier molecular flexibility index (Phi) is 6.04. The van der Waals surface area contributed by atoms with Crippen molar-refractivity contribution in [2.75, 3.05) is 18.0 Å². The average molecular weight is 579 g/mol. The molecule has 0 atom stereocenters.